The van der Waals surface area contributed by atoms with E-state index in [1.54, 1.807) is 7.11 Å². The minimum absolute atomic E-state index is 0.620. The monoisotopic (exact) mass is 399 g/mol. The second-order valence-electron chi connectivity index (χ2n) is 7.58. The molecule has 5 nitrogen and oxygen atoms in total. The molecule has 0 aliphatic carbocycles. The van der Waals surface area contributed by atoms with Crippen LogP contribution in [0.15, 0.2) is 47.4 Å². The van der Waals surface area contributed by atoms with Gasteiger partial charge in [0.2, 0.25) is 0 Å². The zero-order valence-electron chi connectivity index (χ0n) is 16.8. The molecule has 1 saturated heterocycles. The summed E-state index contributed by atoms with van der Waals surface area (Å²) in [5, 5.41) is 0. The van der Waals surface area contributed by atoms with Crippen LogP contribution in [0.3, 0.4) is 0 Å². The number of methoxy groups -OCH3 is 1. The van der Waals surface area contributed by atoms with Crippen molar-refractivity contribution in [1.82, 2.24) is 4.90 Å². The average Bonchev–Trinajstić information content (AvgIpc) is 3.02. The Morgan fingerprint density at radius 1 is 1.04 bits per heavy atom. The molecule has 1 unspecified atom stereocenters. The van der Waals surface area contributed by atoms with E-state index < -0.39 is 11.2 Å². The van der Waals surface area contributed by atoms with E-state index in [9.17, 15) is 4.55 Å². The van der Waals surface area contributed by atoms with Crippen LogP contribution in [0, 0.1) is 0 Å². The number of hydrogen-bond acceptors (Lipinski definition) is 5. The van der Waals surface area contributed by atoms with Gasteiger partial charge in [-0.05, 0) is 49.2 Å². The first-order chi connectivity index (χ1) is 13.7. The number of benzene rings is 2. The van der Waals surface area contributed by atoms with Gasteiger partial charge in [-0.1, -0.05) is 18.2 Å². The molecule has 0 radical (unpaired) electrons. The van der Waals surface area contributed by atoms with E-state index in [1.165, 1.54) is 11.3 Å². The first-order valence-electron chi connectivity index (χ1n) is 9.98. The van der Waals surface area contributed by atoms with E-state index >= 15 is 0 Å². The van der Waals surface area contributed by atoms with E-state index in [2.05, 4.69) is 45.0 Å². The van der Waals surface area contributed by atoms with Crippen LogP contribution in [-0.2, 0) is 17.6 Å². The van der Waals surface area contributed by atoms with Crippen molar-refractivity contribution < 1.29 is 9.29 Å². The molecule has 6 heteroatoms. The van der Waals surface area contributed by atoms with Gasteiger partial charge in [0.1, 0.15) is 5.75 Å². The first-order valence-corrected chi connectivity index (χ1v) is 11.3. The van der Waals surface area contributed by atoms with Crippen LogP contribution in [0.5, 0.6) is 5.75 Å². The molecule has 2 aliphatic heterocycles. The highest BCUT2D eigenvalue weighted by Crippen LogP contribution is 2.33. The van der Waals surface area contributed by atoms with Crippen molar-refractivity contribution in [3.8, 4) is 5.75 Å². The van der Waals surface area contributed by atoms with Gasteiger partial charge in [-0.2, -0.15) is 0 Å². The molecular weight excluding hydrogens is 370 g/mol. The highest BCUT2D eigenvalue weighted by molar-refractivity contribution is 7.92. The van der Waals surface area contributed by atoms with Crippen molar-refractivity contribution in [3.05, 3.63) is 48.0 Å². The minimum Gasteiger partial charge on any atom is -0.610 e. The van der Waals surface area contributed by atoms with Gasteiger partial charge in [0.05, 0.1) is 18.5 Å². The van der Waals surface area contributed by atoms with Gasteiger partial charge < -0.3 is 19.1 Å². The summed E-state index contributed by atoms with van der Waals surface area (Å²) >= 11 is -0.873. The standard InChI is InChI=1S/C22H29N3O2S/c1-23-17-28(26)22-16-18(9-10-20(22)23)6-5-11-24-12-14-25(15-13-24)19-7-3-4-8-21(19)27-2/h3-4,7-10,16H,5-6,11-15,17H2,1-2H3. The number of hydrogen-bond donors (Lipinski definition) is 0. The van der Waals surface area contributed by atoms with E-state index in [-0.39, 0.29) is 0 Å². The van der Waals surface area contributed by atoms with Crippen LogP contribution in [0.4, 0.5) is 11.4 Å². The summed E-state index contributed by atoms with van der Waals surface area (Å²) in [5.41, 5.74) is 3.62. The third kappa shape index (κ3) is 4.09. The molecule has 0 bridgehead atoms. The van der Waals surface area contributed by atoms with Crippen molar-refractivity contribution in [2.75, 3.05) is 62.6 Å². The van der Waals surface area contributed by atoms with Gasteiger partial charge in [0, 0.05) is 44.4 Å². The molecular formula is C22H29N3O2S. The maximum absolute atomic E-state index is 12.2. The number of para-hydroxylation sites is 2. The lowest BCUT2D eigenvalue weighted by Gasteiger charge is -2.36. The first kappa shape index (κ1) is 19.4. The van der Waals surface area contributed by atoms with Crippen molar-refractivity contribution in [1.29, 1.82) is 0 Å². The topological polar surface area (TPSA) is 42.0 Å². The summed E-state index contributed by atoms with van der Waals surface area (Å²) < 4.78 is 17.7. The third-order valence-corrected chi connectivity index (χ3v) is 7.17. The van der Waals surface area contributed by atoms with Gasteiger partial charge in [-0.3, -0.25) is 4.90 Å². The van der Waals surface area contributed by atoms with Gasteiger partial charge in [-0.15, -0.1) is 0 Å². The molecule has 0 spiro atoms. The fourth-order valence-corrected chi connectivity index (χ4v) is 5.51. The number of aryl methyl sites for hydroxylation is 1. The predicted octanol–water partition coefficient (Wildman–Crippen LogP) is 2.96. The SMILES string of the molecule is COc1ccccc1N1CCN(CCCc2ccc3c(c2)[S+]([O-])CN3C)CC1. The van der Waals surface area contributed by atoms with Crippen LogP contribution in [-0.4, -0.2) is 62.2 Å². The van der Waals surface area contributed by atoms with Crippen molar-refractivity contribution in [2.24, 2.45) is 0 Å². The number of anilines is 2. The van der Waals surface area contributed by atoms with E-state index in [4.69, 9.17) is 4.74 Å². The summed E-state index contributed by atoms with van der Waals surface area (Å²) in [6, 6.07) is 14.7. The predicted molar refractivity (Wildman–Crippen MR) is 116 cm³/mol. The zero-order valence-corrected chi connectivity index (χ0v) is 17.6. The van der Waals surface area contributed by atoms with Crippen molar-refractivity contribution in [3.63, 3.8) is 0 Å². The number of ether oxygens (including phenoxy) is 1. The second kappa shape index (κ2) is 8.64. The average molecular weight is 400 g/mol. The Morgan fingerprint density at radius 3 is 2.61 bits per heavy atom. The molecule has 1 fully saturated rings. The minimum atomic E-state index is -0.873. The summed E-state index contributed by atoms with van der Waals surface area (Å²) in [5.74, 6) is 1.57. The van der Waals surface area contributed by atoms with Crippen LogP contribution in [0.2, 0.25) is 0 Å². The van der Waals surface area contributed by atoms with Crippen LogP contribution in [0.25, 0.3) is 0 Å². The van der Waals surface area contributed by atoms with E-state index in [0.29, 0.717) is 5.88 Å². The van der Waals surface area contributed by atoms with Crippen molar-refractivity contribution in [2.45, 2.75) is 17.7 Å². The van der Waals surface area contributed by atoms with Crippen LogP contribution < -0.4 is 14.5 Å². The quantitative estimate of drug-likeness (QED) is 0.699. The van der Waals surface area contributed by atoms with Gasteiger partial charge in [-0.25, -0.2) is 0 Å². The van der Waals surface area contributed by atoms with Crippen LogP contribution in [0.1, 0.15) is 12.0 Å². The molecule has 2 heterocycles. The maximum atomic E-state index is 12.2. The number of piperazine rings is 1. The third-order valence-electron chi connectivity index (χ3n) is 5.73. The fraction of sp³-hybridized carbons (Fsp3) is 0.455. The Balaban J connectivity index is 1.26. The normalized spacial score (nSPS) is 19.8. The molecule has 2 aromatic rings. The molecule has 150 valence electrons. The Hall–Kier alpha value is -1.89. The molecule has 1 atom stereocenters. The summed E-state index contributed by atoms with van der Waals surface area (Å²) in [4.78, 5) is 8.05. The number of fused-ring (bicyclic) bond motifs is 1. The maximum Gasteiger partial charge on any atom is 0.183 e. The Labute approximate surface area is 171 Å². The summed E-state index contributed by atoms with van der Waals surface area (Å²) in [7, 11) is 3.75. The van der Waals surface area contributed by atoms with Crippen LogP contribution >= 0.6 is 0 Å². The molecule has 2 aliphatic rings. The van der Waals surface area contributed by atoms with Gasteiger partial charge >= 0.3 is 0 Å². The second-order valence-corrected chi connectivity index (χ2v) is 8.97. The van der Waals surface area contributed by atoms with E-state index in [1.807, 2.05) is 19.2 Å². The Morgan fingerprint density at radius 2 is 1.82 bits per heavy atom. The molecule has 0 amide bonds. The lowest BCUT2D eigenvalue weighted by molar-refractivity contribution is 0.254. The lowest BCUT2D eigenvalue weighted by atomic mass is 10.1. The smallest absolute Gasteiger partial charge is 0.183 e. The Bertz CT molecular complexity index is 808. The number of nitrogens with zero attached hydrogens (tertiary/aromatic N) is 3. The fourth-order valence-electron chi connectivity index (χ4n) is 4.14. The molecule has 0 aromatic heterocycles. The highest BCUT2D eigenvalue weighted by Gasteiger charge is 2.28. The van der Waals surface area contributed by atoms with Crippen molar-refractivity contribution >= 4 is 22.6 Å². The zero-order chi connectivity index (χ0) is 19.5. The summed E-state index contributed by atoms with van der Waals surface area (Å²) in [6.07, 6.45) is 2.18. The van der Waals surface area contributed by atoms with E-state index in [0.717, 1.165) is 61.9 Å². The molecule has 2 aromatic carbocycles. The number of rotatable bonds is 6. The molecule has 4 rings (SSSR count). The molecule has 28 heavy (non-hydrogen) atoms. The lowest BCUT2D eigenvalue weighted by Crippen LogP contribution is -2.46. The van der Waals surface area contributed by atoms with Gasteiger partial charge in [0.15, 0.2) is 10.8 Å². The highest BCUT2D eigenvalue weighted by atomic mass is 32.2. The largest absolute Gasteiger partial charge is 0.610 e. The molecule has 0 saturated carbocycles. The molecule has 0 N–H and O–H groups in total. The summed E-state index contributed by atoms with van der Waals surface area (Å²) in [6.45, 7) is 5.34. The Kier molecular flexibility index (Phi) is 5.99. The van der Waals surface area contributed by atoms with Gasteiger partial charge in [0.25, 0.3) is 0 Å².